The molecule has 1 aromatic heterocycles. The van der Waals surface area contributed by atoms with Gasteiger partial charge < -0.3 is 15.4 Å². The third-order valence-electron chi connectivity index (χ3n) is 4.76. The van der Waals surface area contributed by atoms with Crippen LogP contribution in [0.15, 0.2) is 0 Å². The number of rotatable bonds is 3. The van der Waals surface area contributed by atoms with Crippen LogP contribution in [0.4, 0.5) is 5.95 Å². The number of ether oxygens (including phenoxy) is 1. The summed E-state index contributed by atoms with van der Waals surface area (Å²) in [5.74, 6) is 2.12. The number of nitrogens with two attached hydrogens (primary N) is 1. The van der Waals surface area contributed by atoms with Gasteiger partial charge in [-0.3, -0.25) is 5.10 Å². The molecule has 1 aromatic rings. The predicted octanol–water partition coefficient (Wildman–Crippen LogP) is 1.40. The summed E-state index contributed by atoms with van der Waals surface area (Å²) >= 11 is 0. The van der Waals surface area contributed by atoms with Crippen LogP contribution in [0.5, 0.6) is 0 Å². The maximum atomic E-state index is 6.15. The Morgan fingerprint density at radius 2 is 2.30 bits per heavy atom. The fourth-order valence-electron chi connectivity index (χ4n) is 3.38. The van der Waals surface area contributed by atoms with Crippen LogP contribution >= 0.6 is 0 Å². The van der Waals surface area contributed by atoms with Crippen molar-refractivity contribution >= 4 is 5.95 Å². The molecule has 0 aromatic carbocycles. The second-order valence-corrected chi connectivity index (χ2v) is 5.97. The van der Waals surface area contributed by atoms with Crippen LogP contribution < -0.4 is 10.6 Å². The highest BCUT2D eigenvalue weighted by atomic mass is 16.5. The van der Waals surface area contributed by atoms with Crippen molar-refractivity contribution in [1.29, 1.82) is 0 Å². The molecule has 6 heteroatoms. The first-order valence-electron chi connectivity index (χ1n) is 7.76. The average molecular weight is 279 g/mol. The first-order valence-corrected chi connectivity index (χ1v) is 7.76. The van der Waals surface area contributed by atoms with E-state index in [9.17, 15) is 0 Å². The maximum Gasteiger partial charge on any atom is 0.245 e. The Hall–Kier alpha value is -1.14. The number of anilines is 1. The second-order valence-electron chi connectivity index (χ2n) is 5.97. The molecular weight excluding hydrogens is 254 g/mol. The molecule has 3 heterocycles. The Morgan fingerprint density at radius 3 is 3.10 bits per heavy atom. The molecule has 0 spiro atoms. The summed E-state index contributed by atoms with van der Waals surface area (Å²) in [7, 11) is 0. The molecule has 2 fully saturated rings. The minimum absolute atomic E-state index is 0.212. The van der Waals surface area contributed by atoms with Crippen molar-refractivity contribution in [3.8, 4) is 0 Å². The van der Waals surface area contributed by atoms with Crippen LogP contribution in [0.1, 0.15) is 51.3 Å². The van der Waals surface area contributed by atoms with Crippen LogP contribution in [0, 0.1) is 0 Å². The average Bonchev–Trinajstić information content (AvgIpc) is 3.09. The van der Waals surface area contributed by atoms with Crippen molar-refractivity contribution in [1.82, 2.24) is 15.2 Å². The van der Waals surface area contributed by atoms with Crippen LogP contribution in [-0.2, 0) is 4.74 Å². The molecule has 2 aliphatic heterocycles. The number of nitrogens with zero attached hydrogens (tertiary/aromatic N) is 3. The van der Waals surface area contributed by atoms with Gasteiger partial charge in [-0.1, -0.05) is 6.92 Å². The Labute approximate surface area is 120 Å². The number of nitrogens with one attached hydrogen (secondary N) is 1. The molecule has 0 saturated carbocycles. The van der Waals surface area contributed by atoms with E-state index in [4.69, 9.17) is 15.5 Å². The van der Waals surface area contributed by atoms with Gasteiger partial charge in [-0.2, -0.15) is 4.98 Å². The minimum Gasteiger partial charge on any atom is -0.377 e. The lowest BCUT2D eigenvalue weighted by Crippen LogP contribution is -2.51. The number of H-pyrrole nitrogens is 1. The standard InChI is InChI=1S/C14H25N5O/c1-3-12-10(6-8-20-12)13-16-14(18-17-13)19-7-4-5-11(15)9(19)2/h9-12H,3-8,15H2,1-2H3,(H,16,17,18). The monoisotopic (exact) mass is 279 g/mol. The van der Waals surface area contributed by atoms with Gasteiger partial charge in [-0.25, -0.2) is 0 Å². The fraction of sp³-hybridized carbons (Fsp3) is 0.857. The van der Waals surface area contributed by atoms with Gasteiger partial charge in [0.05, 0.1) is 6.10 Å². The molecule has 20 heavy (non-hydrogen) atoms. The lowest BCUT2D eigenvalue weighted by Gasteiger charge is -2.36. The summed E-state index contributed by atoms with van der Waals surface area (Å²) in [6.45, 7) is 6.13. The van der Waals surface area contributed by atoms with Gasteiger partial charge in [-0.15, -0.1) is 5.10 Å². The first kappa shape index (κ1) is 13.8. The van der Waals surface area contributed by atoms with E-state index in [0.717, 1.165) is 50.6 Å². The molecule has 3 N–H and O–H groups in total. The SMILES string of the molecule is CCC1OCCC1c1nc(N2CCCC(N)C2C)n[nH]1. The molecule has 6 nitrogen and oxygen atoms in total. The van der Waals surface area contributed by atoms with Gasteiger partial charge in [0.25, 0.3) is 0 Å². The van der Waals surface area contributed by atoms with Crippen molar-refractivity contribution in [2.75, 3.05) is 18.1 Å². The zero-order valence-corrected chi connectivity index (χ0v) is 12.4. The Kier molecular flexibility index (Phi) is 3.94. The van der Waals surface area contributed by atoms with Gasteiger partial charge in [-0.05, 0) is 32.6 Å². The highest BCUT2D eigenvalue weighted by molar-refractivity contribution is 5.33. The first-order chi connectivity index (χ1) is 9.70. The zero-order chi connectivity index (χ0) is 14.1. The fourth-order valence-corrected chi connectivity index (χ4v) is 3.38. The molecule has 2 aliphatic rings. The van der Waals surface area contributed by atoms with Crippen LogP contribution in [-0.4, -0.2) is 46.5 Å². The van der Waals surface area contributed by atoms with Crippen LogP contribution in [0.25, 0.3) is 0 Å². The van der Waals surface area contributed by atoms with Crippen molar-refractivity contribution in [2.24, 2.45) is 5.73 Å². The summed E-state index contributed by atoms with van der Waals surface area (Å²) in [6.07, 6.45) is 4.52. The van der Waals surface area contributed by atoms with Crippen molar-refractivity contribution in [3.63, 3.8) is 0 Å². The molecule has 112 valence electrons. The van der Waals surface area contributed by atoms with Gasteiger partial charge in [0.2, 0.25) is 5.95 Å². The number of hydrogen-bond acceptors (Lipinski definition) is 5. The number of piperidine rings is 1. The molecule has 4 atom stereocenters. The summed E-state index contributed by atoms with van der Waals surface area (Å²) in [4.78, 5) is 6.95. The van der Waals surface area contributed by atoms with E-state index in [1.807, 2.05) is 0 Å². The lowest BCUT2D eigenvalue weighted by molar-refractivity contribution is 0.0994. The molecule has 2 saturated heterocycles. The van der Waals surface area contributed by atoms with Crippen molar-refractivity contribution < 1.29 is 4.74 Å². The van der Waals surface area contributed by atoms with E-state index in [-0.39, 0.29) is 12.1 Å². The third-order valence-corrected chi connectivity index (χ3v) is 4.76. The molecule has 4 unspecified atom stereocenters. The number of aromatic nitrogens is 3. The summed E-state index contributed by atoms with van der Waals surface area (Å²) in [5.41, 5.74) is 6.15. The van der Waals surface area contributed by atoms with E-state index < -0.39 is 0 Å². The van der Waals surface area contributed by atoms with Crippen LogP contribution in [0.3, 0.4) is 0 Å². The lowest BCUT2D eigenvalue weighted by atomic mass is 9.98. The summed E-state index contributed by atoms with van der Waals surface area (Å²) in [6, 6.07) is 0.512. The Balaban J connectivity index is 1.76. The largest absolute Gasteiger partial charge is 0.377 e. The Bertz CT molecular complexity index is 449. The summed E-state index contributed by atoms with van der Waals surface area (Å²) in [5, 5.41) is 7.54. The van der Waals surface area contributed by atoms with E-state index in [2.05, 4.69) is 28.9 Å². The number of aromatic amines is 1. The predicted molar refractivity (Wildman–Crippen MR) is 77.8 cm³/mol. The molecule has 0 amide bonds. The Morgan fingerprint density at radius 1 is 1.45 bits per heavy atom. The van der Waals surface area contributed by atoms with E-state index in [1.165, 1.54) is 0 Å². The normalized spacial score (nSPS) is 34.6. The number of hydrogen-bond donors (Lipinski definition) is 2. The third kappa shape index (κ3) is 2.42. The highest BCUT2D eigenvalue weighted by Gasteiger charge is 2.33. The van der Waals surface area contributed by atoms with Gasteiger partial charge in [0.1, 0.15) is 5.82 Å². The smallest absolute Gasteiger partial charge is 0.245 e. The topological polar surface area (TPSA) is 80.1 Å². The molecule has 0 aliphatic carbocycles. The van der Waals surface area contributed by atoms with Crippen LogP contribution in [0.2, 0.25) is 0 Å². The van der Waals surface area contributed by atoms with Gasteiger partial charge in [0.15, 0.2) is 0 Å². The van der Waals surface area contributed by atoms with E-state index >= 15 is 0 Å². The van der Waals surface area contributed by atoms with E-state index in [1.54, 1.807) is 0 Å². The molecule has 0 bridgehead atoms. The zero-order valence-electron chi connectivity index (χ0n) is 12.4. The van der Waals surface area contributed by atoms with Crippen molar-refractivity contribution in [2.45, 2.75) is 63.6 Å². The maximum absolute atomic E-state index is 6.15. The quantitative estimate of drug-likeness (QED) is 0.874. The van der Waals surface area contributed by atoms with Gasteiger partial charge >= 0.3 is 0 Å². The molecular formula is C14H25N5O. The second kappa shape index (κ2) is 5.69. The molecule has 0 radical (unpaired) electrons. The van der Waals surface area contributed by atoms with Crippen molar-refractivity contribution in [3.05, 3.63) is 5.82 Å². The van der Waals surface area contributed by atoms with E-state index in [0.29, 0.717) is 12.0 Å². The molecule has 3 rings (SSSR count). The summed E-state index contributed by atoms with van der Waals surface area (Å²) < 4.78 is 5.74. The van der Waals surface area contributed by atoms with Gasteiger partial charge in [0, 0.05) is 31.2 Å². The highest BCUT2D eigenvalue weighted by Crippen LogP contribution is 2.32. The minimum atomic E-state index is 0.212.